The van der Waals surface area contributed by atoms with Gasteiger partial charge in [0, 0.05) is 28.6 Å². The van der Waals surface area contributed by atoms with Crippen LogP contribution in [0.2, 0.25) is 0 Å². The fourth-order valence-corrected chi connectivity index (χ4v) is 7.10. The minimum atomic E-state index is 0.623. The van der Waals surface area contributed by atoms with Crippen LogP contribution in [0.3, 0.4) is 0 Å². The van der Waals surface area contributed by atoms with Crippen molar-refractivity contribution in [2.45, 2.75) is 13.8 Å². The van der Waals surface area contributed by atoms with Crippen LogP contribution in [0.4, 0.5) is 0 Å². The largest absolute Gasteiger partial charge is 0.262 e. The lowest BCUT2D eigenvalue weighted by molar-refractivity contribution is 1.07. The molecule has 0 radical (unpaired) electrons. The van der Waals surface area contributed by atoms with Crippen molar-refractivity contribution < 1.29 is 0 Å². The third-order valence-corrected chi connectivity index (χ3v) is 9.62. The third-order valence-electron chi connectivity index (χ3n) is 9.62. The maximum absolute atomic E-state index is 5.15. The van der Waals surface area contributed by atoms with Crippen LogP contribution in [0.5, 0.6) is 0 Å². The highest BCUT2D eigenvalue weighted by Gasteiger charge is 2.17. The van der Waals surface area contributed by atoms with Gasteiger partial charge in [0.05, 0.1) is 0 Å². The van der Waals surface area contributed by atoms with E-state index in [0.29, 0.717) is 17.5 Å². The van der Waals surface area contributed by atoms with Gasteiger partial charge in [-0.3, -0.25) is 4.98 Å². The molecule has 0 atom stereocenters. The average Bonchev–Trinajstić information content (AvgIpc) is 3.20. The molecule has 9 aromatic rings. The van der Waals surface area contributed by atoms with Crippen molar-refractivity contribution in [3.8, 4) is 67.5 Å². The Labute approximate surface area is 303 Å². The molecule has 0 bridgehead atoms. The topological polar surface area (TPSA) is 51.6 Å². The highest BCUT2D eigenvalue weighted by atomic mass is 15.0. The molecule has 7 aromatic carbocycles. The zero-order valence-corrected chi connectivity index (χ0v) is 29.0. The highest BCUT2D eigenvalue weighted by molar-refractivity contribution is 6.13. The van der Waals surface area contributed by atoms with E-state index in [1.54, 1.807) is 0 Å². The van der Waals surface area contributed by atoms with Crippen molar-refractivity contribution in [1.29, 1.82) is 0 Å². The molecule has 9 rings (SSSR count). The summed E-state index contributed by atoms with van der Waals surface area (Å²) in [4.78, 5) is 19.7. The average molecular weight is 667 g/mol. The summed E-state index contributed by atoms with van der Waals surface area (Å²) in [5.41, 5.74) is 11.8. The van der Waals surface area contributed by atoms with Crippen LogP contribution in [0.1, 0.15) is 11.3 Å². The molecule has 0 aliphatic rings. The maximum atomic E-state index is 5.15. The van der Waals surface area contributed by atoms with Crippen LogP contribution in [-0.2, 0) is 0 Å². The van der Waals surface area contributed by atoms with Gasteiger partial charge in [0.2, 0.25) is 0 Å². The van der Waals surface area contributed by atoms with Gasteiger partial charge in [-0.2, -0.15) is 0 Å². The van der Waals surface area contributed by atoms with Gasteiger partial charge >= 0.3 is 0 Å². The van der Waals surface area contributed by atoms with E-state index in [1.807, 2.05) is 73.8 Å². The van der Waals surface area contributed by atoms with E-state index in [2.05, 4.69) is 115 Å². The zero-order valence-electron chi connectivity index (χ0n) is 29.0. The van der Waals surface area contributed by atoms with Crippen molar-refractivity contribution in [1.82, 2.24) is 19.9 Å². The van der Waals surface area contributed by atoms with Crippen LogP contribution >= 0.6 is 0 Å². The summed E-state index contributed by atoms with van der Waals surface area (Å²) in [5.74, 6) is 1.90. The quantitative estimate of drug-likeness (QED) is 0.166. The Bertz CT molecular complexity index is 2700. The number of hydrogen-bond donors (Lipinski definition) is 0. The lowest BCUT2D eigenvalue weighted by atomic mass is 9.88. The molecule has 0 aliphatic heterocycles. The Balaban J connectivity index is 1.33. The fourth-order valence-electron chi connectivity index (χ4n) is 7.10. The van der Waals surface area contributed by atoms with Crippen LogP contribution in [-0.4, -0.2) is 19.9 Å². The molecule has 0 amide bonds. The van der Waals surface area contributed by atoms with E-state index in [-0.39, 0.29) is 0 Å². The maximum Gasteiger partial charge on any atom is 0.164 e. The van der Waals surface area contributed by atoms with Crippen molar-refractivity contribution in [3.05, 3.63) is 181 Å². The minimum Gasteiger partial charge on any atom is -0.262 e. The number of aromatic nitrogens is 4. The third kappa shape index (κ3) is 6.01. The highest BCUT2D eigenvalue weighted by Crippen LogP contribution is 2.41. The van der Waals surface area contributed by atoms with E-state index >= 15 is 0 Å². The first-order valence-corrected chi connectivity index (χ1v) is 17.5. The Hall–Kier alpha value is -6.78. The number of fused-ring (bicyclic) bond motifs is 2. The molecular weight excluding hydrogens is 633 g/mol. The minimum absolute atomic E-state index is 0.623. The molecule has 0 N–H and O–H groups in total. The molecule has 2 heterocycles. The van der Waals surface area contributed by atoms with E-state index in [1.165, 1.54) is 32.7 Å². The molecular formula is C48H34N4. The molecule has 4 heteroatoms. The molecule has 0 spiro atoms. The lowest BCUT2D eigenvalue weighted by Crippen LogP contribution is -2.00. The number of pyridine rings is 1. The summed E-state index contributed by atoms with van der Waals surface area (Å²) in [6.07, 6.45) is 1.87. The van der Waals surface area contributed by atoms with Crippen molar-refractivity contribution in [3.63, 3.8) is 0 Å². The SMILES string of the molecule is Cc1ccc2cc3ccccc3c(-c3cc(-c4cccc(-c5ccnc(C)c5)c4)cc(-c4nc(-c5ccccc5)nc(-c5ccccc5)n4)c3)c2c1. The number of nitrogens with zero attached hydrogens (tertiary/aromatic N) is 4. The number of aryl methyl sites for hydroxylation is 2. The molecule has 52 heavy (non-hydrogen) atoms. The molecule has 4 nitrogen and oxygen atoms in total. The molecule has 0 unspecified atom stereocenters. The zero-order chi connectivity index (χ0) is 35.0. The van der Waals surface area contributed by atoms with Gasteiger partial charge in [0.25, 0.3) is 0 Å². The van der Waals surface area contributed by atoms with E-state index in [9.17, 15) is 0 Å². The van der Waals surface area contributed by atoms with Gasteiger partial charge in [-0.05, 0) is 111 Å². The van der Waals surface area contributed by atoms with Gasteiger partial charge in [-0.1, -0.05) is 127 Å². The Morgan fingerprint density at radius 2 is 0.885 bits per heavy atom. The number of benzene rings is 7. The number of hydrogen-bond acceptors (Lipinski definition) is 4. The predicted octanol–water partition coefficient (Wildman–Crippen LogP) is 12.2. The first-order chi connectivity index (χ1) is 25.6. The van der Waals surface area contributed by atoms with Crippen molar-refractivity contribution >= 4 is 21.5 Å². The second-order valence-corrected chi connectivity index (χ2v) is 13.3. The first kappa shape index (κ1) is 31.2. The summed E-state index contributed by atoms with van der Waals surface area (Å²) in [7, 11) is 0. The lowest BCUT2D eigenvalue weighted by Gasteiger charge is -2.16. The fraction of sp³-hybridized carbons (Fsp3) is 0.0417. The van der Waals surface area contributed by atoms with Gasteiger partial charge < -0.3 is 0 Å². The van der Waals surface area contributed by atoms with Gasteiger partial charge in [-0.15, -0.1) is 0 Å². The standard InChI is InChI=1S/C48H34N4/c1-31-20-21-39-27-38-16-9-10-19-43(38)45(44(39)24-31)41-28-40(36-18-11-17-35(26-36)37-22-23-49-32(2)25-37)29-42(30-41)48-51-46(33-12-5-3-6-13-33)50-47(52-48)34-14-7-4-8-15-34/h3-30H,1-2H3. The monoisotopic (exact) mass is 666 g/mol. The van der Waals surface area contributed by atoms with Gasteiger partial charge in [0.15, 0.2) is 17.5 Å². The second-order valence-electron chi connectivity index (χ2n) is 13.3. The van der Waals surface area contributed by atoms with Crippen LogP contribution in [0, 0.1) is 13.8 Å². The molecule has 0 saturated heterocycles. The second kappa shape index (κ2) is 13.2. The van der Waals surface area contributed by atoms with Crippen LogP contribution in [0.15, 0.2) is 170 Å². The first-order valence-electron chi connectivity index (χ1n) is 17.5. The van der Waals surface area contributed by atoms with Gasteiger partial charge in [0.1, 0.15) is 0 Å². The van der Waals surface area contributed by atoms with E-state index in [0.717, 1.165) is 50.2 Å². The van der Waals surface area contributed by atoms with Crippen molar-refractivity contribution in [2.24, 2.45) is 0 Å². The molecule has 0 fully saturated rings. The van der Waals surface area contributed by atoms with Crippen LogP contribution in [0.25, 0.3) is 89.1 Å². The summed E-state index contributed by atoms with van der Waals surface area (Å²) in [6, 6.07) is 57.7. The normalized spacial score (nSPS) is 11.3. The molecule has 246 valence electrons. The Morgan fingerprint density at radius 3 is 1.60 bits per heavy atom. The van der Waals surface area contributed by atoms with E-state index < -0.39 is 0 Å². The summed E-state index contributed by atoms with van der Waals surface area (Å²) < 4.78 is 0. The predicted molar refractivity (Wildman–Crippen MR) is 215 cm³/mol. The molecule has 0 saturated carbocycles. The summed E-state index contributed by atoms with van der Waals surface area (Å²) in [6.45, 7) is 4.19. The summed E-state index contributed by atoms with van der Waals surface area (Å²) in [5, 5.41) is 4.83. The van der Waals surface area contributed by atoms with Gasteiger partial charge in [-0.25, -0.2) is 15.0 Å². The van der Waals surface area contributed by atoms with E-state index in [4.69, 9.17) is 15.0 Å². The number of rotatable bonds is 6. The Kier molecular flexibility index (Phi) is 7.90. The summed E-state index contributed by atoms with van der Waals surface area (Å²) >= 11 is 0. The Morgan fingerprint density at radius 1 is 0.346 bits per heavy atom. The van der Waals surface area contributed by atoms with Crippen LogP contribution < -0.4 is 0 Å². The molecule has 0 aliphatic carbocycles. The smallest absolute Gasteiger partial charge is 0.164 e. The molecule has 2 aromatic heterocycles. The van der Waals surface area contributed by atoms with Crippen molar-refractivity contribution in [2.75, 3.05) is 0 Å².